The van der Waals surface area contributed by atoms with Crippen LogP contribution in [0.4, 0.5) is 10.1 Å². The van der Waals surface area contributed by atoms with Crippen molar-refractivity contribution in [3.05, 3.63) is 101 Å². The Kier molecular flexibility index (Phi) is 4.71. The molecule has 3 heterocycles. The second-order valence-electron chi connectivity index (χ2n) is 10.8. The minimum Gasteiger partial charge on any atom is -0.352 e. The van der Waals surface area contributed by atoms with Gasteiger partial charge in [-0.2, -0.15) is 0 Å². The summed E-state index contributed by atoms with van der Waals surface area (Å²) >= 11 is 0. The molecule has 3 aromatic rings. The summed E-state index contributed by atoms with van der Waals surface area (Å²) < 4.78 is 14.2. The molecular formula is C30H25FN2O3. The molecule has 1 spiro atoms. The highest BCUT2D eigenvalue weighted by Crippen LogP contribution is 2.61. The molecule has 2 aliphatic heterocycles. The second kappa shape index (κ2) is 7.53. The van der Waals surface area contributed by atoms with E-state index in [9.17, 15) is 18.8 Å². The molecule has 1 fully saturated rings. The molecule has 6 rings (SSSR count). The Labute approximate surface area is 208 Å². The molecule has 3 aliphatic rings. The zero-order valence-corrected chi connectivity index (χ0v) is 20.2. The van der Waals surface area contributed by atoms with Crippen LogP contribution in [0.1, 0.15) is 58.5 Å². The molecule has 1 saturated heterocycles. The van der Waals surface area contributed by atoms with E-state index in [1.165, 1.54) is 12.1 Å². The number of aromatic nitrogens is 1. The number of Topliss-reactive ketones (excluding diaryl/α,β-unsaturated/α-hetero) is 3. The van der Waals surface area contributed by atoms with Crippen LogP contribution in [0.5, 0.6) is 0 Å². The van der Waals surface area contributed by atoms with Gasteiger partial charge in [0.15, 0.2) is 17.3 Å². The summed E-state index contributed by atoms with van der Waals surface area (Å²) in [6.07, 6.45) is 6.83. The Hall–Kier alpha value is -3.93. The molecule has 2 aromatic carbocycles. The molecule has 5 nitrogen and oxygen atoms in total. The molecule has 0 bridgehead atoms. The number of halogens is 1. The van der Waals surface area contributed by atoms with E-state index in [4.69, 9.17) is 0 Å². The van der Waals surface area contributed by atoms with Gasteiger partial charge in [-0.25, -0.2) is 4.39 Å². The summed E-state index contributed by atoms with van der Waals surface area (Å²) in [5, 5.41) is 0. The summed E-state index contributed by atoms with van der Waals surface area (Å²) in [7, 11) is 0. The number of ketones is 3. The van der Waals surface area contributed by atoms with Crippen LogP contribution in [0.3, 0.4) is 0 Å². The quantitative estimate of drug-likeness (QED) is 0.468. The van der Waals surface area contributed by atoms with Gasteiger partial charge in [0.05, 0.1) is 12.1 Å². The summed E-state index contributed by atoms with van der Waals surface area (Å²) in [5.74, 6) is -1.84. The number of hydrogen-bond donors (Lipinski definition) is 0. The maximum atomic E-state index is 14.4. The number of pyridine rings is 1. The fourth-order valence-corrected chi connectivity index (χ4v) is 6.32. The van der Waals surface area contributed by atoms with E-state index >= 15 is 0 Å². The zero-order valence-electron chi connectivity index (χ0n) is 20.2. The van der Waals surface area contributed by atoms with Gasteiger partial charge in [0.25, 0.3) is 0 Å². The molecule has 0 saturated carbocycles. The highest BCUT2D eigenvalue weighted by atomic mass is 19.1. The Bertz CT molecular complexity index is 1440. The minimum absolute atomic E-state index is 0.0969. The third kappa shape index (κ3) is 2.81. The number of nitrogens with zero attached hydrogens (tertiary/aromatic N) is 2. The van der Waals surface area contributed by atoms with Crippen LogP contribution >= 0.6 is 0 Å². The topological polar surface area (TPSA) is 67.3 Å². The first-order chi connectivity index (χ1) is 17.2. The molecular weight excluding hydrogens is 455 g/mol. The van der Waals surface area contributed by atoms with Gasteiger partial charge in [-0.15, -0.1) is 0 Å². The number of rotatable bonds is 2. The molecule has 3 atom stereocenters. The lowest BCUT2D eigenvalue weighted by atomic mass is 9.63. The van der Waals surface area contributed by atoms with E-state index in [2.05, 4.69) is 4.98 Å². The van der Waals surface area contributed by atoms with Crippen molar-refractivity contribution in [3.63, 3.8) is 0 Å². The SMILES string of the molecule is CC(C)(C)C(=O)[C@@H]1[C@H](c2cccnc2)C2(C(=O)c3ccccc3C2=O)[C@@H]2C=Cc3cc(F)ccc3N12. The number of carbonyl (C=O) groups is 3. The van der Waals surface area contributed by atoms with Crippen molar-refractivity contribution in [3.8, 4) is 0 Å². The average molecular weight is 481 g/mol. The van der Waals surface area contributed by atoms with E-state index in [-0.39, 0.29) is 17.3 Å². The van der Waals surface area contributed by atoms with Gasteiger partial charge in [0.1, 0.15) is 11.2 Å². The Balaban J connectivity index is 1.70. The average Bonchev–Trinajstić information content (AvgIpc) is 3.29. The second-order valence-corrected chi connectivity index (χ2v) is 10.8. The zero-order chi connectivity index (χ0) is 25.4. The molecule has 0 amide bonds. The predicted molar refractivity (Wildman–Crippen MR) is 134 cm³/mol. The van der Waals surface area contributed by atoms with Crippen molar-refractivity contribution in [2.24, 2.45) is 10.8 Å². The smallest absolute Gasteiger partial charge is 0.180 e. The molecule has 6 heteroatoms. The fraction of sp³-hybridized carbons (Fsp3) is 0.267. The van der Waals surface area contributed by atoms with Crippen LogP contribution in [0.2, 0.25) is 0 Å². The predicted octanol–water partition coefficient (Wildman–Crippen LogP) is 5.27. The van der Waals surface area contributed by atoms with E-state index in [1.54, 1.807) is 60.9 Å². The van der Waals surface area contributed by atoms with Crippen molar-refractivity contribution in [1.29, 1.82) is 0 Å². The van der Waals surface area contributed by atoms with E-state index < -0.39 is 34.6 Å². The normalized spacial score (nSPS) is 23.6. The molecule has 1 aromatic heterocycles. The van der Waals surface area contributed by atoms with Crippen molar-refractivity contribution in [1.82, 2.24) is 4.98 Å². The van der Waals surface area contributed by atoms with Crippen molar-refractivity contribution < 1.29 is 18.8 Å². The molecule has 0 radical (unpaired) electrons. The standard InChI is InChI=1S/C30H25FN2O3/c1-29(2,3)28(36)25-24(18-7-6-14-32-16-18)30(26(34)20-8-4-5-9-21(20)27(30)35)23-13-10-17-15-19(31)11-12-22(17)33(23)25/h4-16,23-25H,1-3H3/t23-,24-,25-/m0/s1. The van der Waals surface area contributed by atoms with Gasteiger partial charge < -0.3 is 4.90 Å². The van der Waals surface area contributed by atoms with E-state index in [1.807, 2.05) is 31.7 Å². The van der Waals surface area contributed by atoms with Gasteiger partial charge in [-0.05, 0) is 29.8 Å². The van der Waals surface area contributed by atoms with Crippen LogP contribution in [0.25, 0.3) is 6.08 Å². The third-order valence-corrected chi connectivity index (χ3v) is 7.82. The molecule has 180 valence electrons. The summed E-state index contributed by atoms with van der Waals surface area (Å²) in [6, 6.07) is 13.3. The lowest BCUT2D eigenvalue weighted by Gasteiger charge is -2.38. The Morgan fingerprint density at radius 3 is 2.31 bits per heavy atom. The van der Waals surface area contributed by atoms with Gasteiger partial charge in [0.2, 0.25) is 0 Å². The van der Waals surface area contributed by atoms with Crippen LogP contribution in [-0.4, -0.2) is 34.4 Å². The fourth-order valence-electron chi connectivity index (χ4n) is 6.32. The largest absolute Gasteiger partial charge is 0.352 e. The molecule has 0 unspecified atom stereocenters. The highest BCUT2D eigenvalue weighted by molar-refractivity contribution is 6.32. The van der Waals surface area contributed by atoms with Gasteiger partial charge in [0, 0.05) is 46.1 Å². The number of fused-ring (bicyclic) bond motifs is 5. The van der Waals surface area contributed by atoms with Gasteiger partial charge >= 0.3 is 0 Å². The first-order valence-corrected chi connectivity index (χ1v) is 12.1. The maximum absolute atomic E-state index is 14.4. The van der Waals surface area contributed by atoms with E-state index in [0.717, 1.165) is 0 Å². The Morgan fingerprint density at radius 2 is 1.69 bits per heavy atom. The summed E-state index contributed by atoms with van der Waals surface area (Å²) in [4.78, 5) is 49.2. The summed E-state index contributed by atoms with van der Waals surface area (Å²) in [5.41, 5.74) is 0.323. The molecule has 0 N–H and O–H groups in total. The van der Waals surface area contributed by atoms with Gasteiger partial charge in [-0.1, -0.05) is 63.3 Å². The first-order valence-electron chi connectivity index (χ1n) is 12.1. The van der Waals surface area contributed by atoms with Gasteiger partial charge in [-0.3, -0.25) is 19.4 Å². The van der Waals surface area contributed by atoms with Crippen molar-refractivity contribution >= 4 is 29.1 Å². The lowest BCUT2D eigenvalue weighted by molar-refractivity contribution is -0.127. The number of benzene rings is 2. The molecule has 1 aliphatic carbocycles. The van der Waals surface area contributed by atoms with Crippen LogP contribution in [-0.2, 0) is 4.79 Å². The lowest BCUT2D eigenvalue weighted by Crippen LogP contribution is -2.49. The third-order valence-electron chi connectivity index (χ3n) is 7.82. The first kappa shape index (κ1) is 22.5. The van der Waals surface area contributed by atoms with Crippen molar-refractivity contribution in [2.45, 2.75) is 38.8 Å². The Morgan fingerprint density at radius 1 is 1.00 bits per heavy atom. The number of hydrogen-bond acceptors (Lipinski definition) is 5. The van der Waals surface area contributed by atoms with Crippen LogP contribution < -0.4 is 4.90 Å². The number of anilines is 1. The van der Waals surface area contributed by atoms with Crippen LogP contribution in [0.15, 0.2) is 73.1 Å². The minimum atomic E-state index is -1.55. The number of carbonyl (C=O) groups excluding carboxylic acids is 3. The molecule has 36 heavy (non-hydrogen) atoms. The van der Waals surface area contributed by atoms with Crippen LogP contribution in [0, 0.1) is 16.6 Å². The summed E-state index contributed by atoms with van der Waals surface area (Å²) in [6.45, 7) is 5.52. The highest BCUT2D eigenvalue weighted by Gasteiger charge is 2.72. The monoisotopic (exact) mass is 480 g/mol. The maximum Gasteiger partial charge on any atom is 0.180 e. The van der Waals surface area contributed by atoms with E-state index in [0.29, 0.717) is 27.9 Å². The van der Waals surface area contributed by atoms with Crippen molar-refractivity contribution in [2.75, 3.05) is 4.90 Å².